The zero-order valence-corrected chi connectivity index (χ0v) is 16.8. The van der Waals surface area contributed by atoms with Gasteiger partial charge in [0.25, 0.3) is 5.91 Å². The molecule has 158 valence electrons. The highest BCUT2D eigenvalue weighted by molar-refractivity contribution is 7.89. The summed E-state index contributed by atoms with van der Waals surface area (Å²) in [4.78, 5) is 38.1. The van der Waals surface area contributed by atoms with E-state index < -0.39 is 33.8 Å². The number of hydrogen-bond donors (Lipinski definition) is 1. The smallest absolute Gasteiger partial charge is 0.308 e. The van der Waals surface area contributed by atoms with Crippen molar-refractivity contribution in [2.45, 2.75) is 17.4 Å². The van der Waals surface area contributed by atoms with E-state index in [2.05, 4.69) is 10.1 Å². The number of sulfonamides is 1. The van der Waals surface area contributed by atoms with Crippen LogP contribution in [-0.4, -0.2) is 88.0 Å². The van der Waals surface area contributed by atoms with Gasteiger partial charge in [0.2, 0.25) is 15.9 Å². The molecular formula is C18H23N3O7S. The minimum Gasteiger partial charge on any atom is -0.469 e. The summed E-state index contributed by atoms with van der Waals surface area (Å²) in [6, 6.07) is 4.60. The lowest BCUT2D eigenvalue weighted by molar-refractivity contribution is -0.145. The third kappa shape index (κ3) is 4.57. The van der Waals surface area contributed by atoms with E-state index in [1.54, 1.807) is 0 Å². The Morgan fingerprint density at radius 1 is 1.17 bits per heavy atom. The molecule has 11 heteroatoms. The average molecular weight is 425 g/mol. The Kier molecular flexibility index (Phi) is 6.50. The number of nitrogens with one attached hydrogen (secondary N) is 1. The number of esters is 1. The van der Waals surface area contributed by atoms with E-state index >= 15 is 0 Å². The third-order valence-corrected chi connectivity index (χ3v) is 6.80. The first kappa shape index (κ1) is 21.2. The van der Waals surface area contributed by atoms with Crippen LogP contribution >= 0.6 is 0 Å². The molecule has 0 aromatic heterocycles. The van der Waals surface area contributed by atoms with Gasteiger partial charge in [0.1, 0.15) is 6.04 Å². The maximum absolute atomic E-state index is 12.9. The molecule has 1 atom stereocenters. The number of morpholine rings is 1. The fourth-order valence-electron chi connectivity index (χ4n) is 3.27. The van der Waals surface area contributed by atoms with E-state index in [0.717, 1.165) is 0 Å². The van der Waals surface area contributed by atoms with Crippen LogP contribution in [0.15, 0.2) is 29.2 Å². The zero-order valence-electron chi connectivity index (χ0n) is 16.0. The topological polar surface area (TPSA) is 122 Å². The maximum Gasteiger partial charge on any atom is 0.308 e. The molecule has 2 aliphatic rings. The second-order valence-electron chi connectivity index (χ2n) is 6.63. The summed E-state index contributed by atoms with van der Waals surface area (Å²) < 4.78 is 36.5. The number of nitrogens with zero attached hydrogens (tertiary/aromatic N) is 2. The minimum absolute atomic E-state index is 0.0819. The van der Waals surface area contributed by atoms with Gasteiger partial charge >= 0.3 is 5.97 Å². The second kappa shape index (κ2) is 8.89. The van der Waals surface area contributed by atoms with E-state index in [1.807, 2.05) is 0 Å². The molecule has 0 aliphatic carbocycles. The molecule has 2 aliphatic heterocycles. The zero-order chi connectivity index (χ0) is 21.0. The molecule has 10 nitrogen and oxygen atoms in total. The predicted molar refractivity (Wildman–Crippen MR) is 100 cm³/mol. The Bertz CT molecular complexity index is 879. The standard InChI is InChI=1S/C18H23N3O7S/c1-27-16(22)12-15-17(23)19-6-7-21(15)18(24)13-2-4-14(5-3-13)29(25,26)20-8-10-28-11-9-20/h2-5,15H,6-12H2,1H3,(H,19,23)/t15-/m0/s1. The van der Waals surface area contributed by atoms with Gasteiger partial charge in [0.15, 0.2) is 0 Å². The van der Waals surface area contributed by atoms with Gasteiger partial charge in [-0.05, 0) is 24.3 Å². The Morgan fingerprint density at radius 2 is 1.83 bits per heavy atom. The summed E-state index contributed by atoms with van der Waals surface area (Å²) in [7, 11) is -2.45. The molecule has 29 heavy (non-hydrogen) atoms. The number of carbonyl (C=O) groups is 3. The van der Waals surface area contributed by atoms with Crippen LogP contribution in [0.25, 0.3) is 0 Å². The largest absolute Gasteiger partial charge is 0.469 e. The summed E-state index contributed by atoms with van der Waals surface area (Å²) in [5.74, 6) is -1.48. The number of amides is 2. The van der Waals surface area contributed by atoms with E-state index in [1.165, 1.54) is 40.6 Å². The van der Waals surface area contributed by atoms with Crippen LogP contribution in [0.5, 0.6) is 0 Å². The van der Waals surface area contributed by atoms with Crippen LogP contribution in [0.1, 0.15) is 16.8 Å². The van der Waals surface area contributed by atoms with Gasteiger partial charge in [-0.2, -0.15) is 4.31 Å². The molecule has 2 saturated heterocycles. The first-order chi connectivity index (χ1) is 13.8. The molecule has 0 bridgehead atoms. The Hall–Kier alpha value is -2.50. The molecule has 0 spiro atoms. The maximum atomic E-state index is 12.9. The molecule has 2 amide bonds. The molecule has 1 aromatic carbocycles. The number of benzene rings is 1. The molecule has 0 saturated carbocycles. The van der Waals surface area contributed by atoms with Crippen molar-refractivity contribution in [2.75, 3.05) is 46.5 Å². The Morgan fingerprint density at radius 3 is 2.45 bits per heavy atom. The molecule has 1 N–H and O–H groups in total. The highest BCUT2D eigenvalue weighted by Gasteiger charge is 2.35. The third-order valence-electron chi connectivity index (χ3n) is 4.89. The molecule has 0 unspecified atom stereocenters. The average Bonchev–Trinajstić information content (AvgIpc) is 2.75. The van der Waals surface area contributed by atoms with Gasteiger partial charge < -0.3 is 19.7 Å². The van der Waals surface area contributed by atoms with Crippen molar-refractivity contribution in [3.8, 4) is 0 Å². The van der Waals surface area contributed by atoms with Crippen molar-refractivity contribution in [3.63, 3.8) is 0 Å². The van der Waals surface area contributed by atoms with Crippen molar-refractivity contribution in [3.05, 3.63) is 29.8 Å². The SMILES string of the molecule is COC(=O)C[C@H]1C(=O)NCCN1C(=O)c1ccc(S(=O)(=O)N2CCOCC2)cc1. The van der Waals surface area contributed by atoms with Crippen LogP contribution in [0.4, 0.5) is 0 Å². The number of hydrogen-bond acceptors (Lipinski definition) is 7. The highest BCUT2D eigenvalue weighted by atomic mass is 32.2. The molecule has 0 radical (unpaired) electrons. The summed E-state index contributed by atoms with van der Waals surface area (Å²) in [6.07, 6.45) is -0.252. The number of carbonyl (C=O) groups excluding carboxylic acids is 3. The van der Waals surface area contributed by atoms with Crippen molar-refractivity contribution in [1.82, 2.24) is 14.5 Å². The van der Waals surface area contributed by atoms with Crippen molar-refractivity contribution < 1.29 is 32.3 Å². The number of rotatable bonds is 5. The van der Waals surface area contributed by atoms with Gasteiger partial charge in [0, 0.05) is 31.7 Å². The minimum atomic E-state index is -3.67. The van der Waals surface area contributed by atoms with Crippen LogP contribution in [0.3, 0.4) is 0 Å². The summed E-state index contributed by atoms with van der Waals surface area (Å²) >= 11 is 0. The van der Waals surface area contributed by atoms with Crippen LogP contribution in [-0.2, 0) is 29.1 Å². The summed E-state index contributed by atoms with van der Waals surface area (Å²) in [5.41, 5.74) is 0.232. The van der Waals surface area contributed by atoms with Gasteiger partial charge in [-0.25, -0.2) is 8.42 Å². The van der Waals surface area contributed by atoms with E-state index in [4.69, 9.17) is 4.74 Å². The number of piperazine rings is 1. The number of ether oxygens (including phenoxy) is 2. The van der Waals surface area contributed by atoms with Crippen LogP contribution < -0.4 is 5.32 Å². The van der Waals surface area contributed by atoms with Gasteiger partial charge in [0.05, 0.1) is 31.6 Å². The monoisotopic (exact) mass is 425 g/mol. The van der Waals surface area contributed by atoms with Crippen molar-refractivity contribution in [1.29, 1.82) is 0 Å². The second-order valence-corrected chi connectivity index (χ2v) is 8.56. The van der Waals surface area contributed by atoms with E-state index in [0.29, 0.717) is 13.2 Å². The molecule has 1 aromatic rings. The van der Waals surface area contributed by atoms with Gasteiger partial charge in [-0.15, -0.1) is 0 Å². The lowest BCUT2D eigenvalue weighted by Gasteiger charge is -2.34. The van der Waals surface area contributed by atoms with Gasteiger partial charge in [-0.3, -0.25) is 14.4 Å². The van der Waals surface area contributed by atoms with E-state index in [9.17, 15) is 22.8 Å². The molecule has 2 heterocycles. The summed E-state index contributed by atoms with van der Waals surface area (Å²) in [5, 5.41) is 2.63. The fourth-order valence-corrected chi connectivity index (χ4v) is 4.68. The normalized spacial score (nSPS) is 20.8. The lowest BCUT2D eigenvalue weighted by atomic mass is 10.1. The molecular weight excluding hydrogens is 402 g/mol. The number of methoxy groups -OCH3 is 1. The Balaban J connectivity index is 1.78. The highest BCUT2D eigenvalue weighted by Crippen LogP contribution is 2.20. The fraction of sp³-hybridized carbons (Fsp3) is 0.500. The van der Waals surface area contributed by atoms with Crippen LogP contribution in [0, 0.1) is 0 Å². The van der Waals surface area contributed by atoms with Crippen molar-refractivity contribution >= 4 is 27.8 Å². The summed E-state index contributed by atoms with van der Waals surface area (Å²) in [6.45, 7) is 1.75. The molecule has 2 fully saturated rings. The molecule has 3 rings (SSSR count). The van der Waals surface area contributed by atoms with Crippen LogP contribution in [0.2, 0.25) is 0 Å². The van der Waals surface area contributed by atoms with Crippen molar-refractivity contribution in [2.24, 2.45) is 0 Å². The first-order valence-corrected chi connectivity index (χ1v) is 10.6. The first-order valence-electron chi connectivity index (χ1n) is 9.18. The van der Waals surface area contributed by atoms with Gasteiger partial charge in [-0.1, -0.05) is 0 Å². The predicted octanol–water partition coefficient (Wildman–Crippen LogP) is -0.789. The lowest BCUT2D eigenvalue weighted by Crippen LogP contribution is -2.57. The van der Waals surface area contributed by atoms with E-state index in [-0.39, 0.29) is 43.1 Å². The Labute approximate surface area is 168 Å². The quantitative estimate of drug-likeness (QED) is 0.614.